The van der Waals surface area contributed by atoms with Gasteiger partial charge in [-0.2, -0.15) is 5.10 Å². The van der Waals surface area contributed by atoms with Crippen molar-refractivity contribution >= 4 is 5.91 Å². The number of nitrogens with one attached hydrogen (secondary N) is 3. The van der Waals surface area contributed by atoms with Crippen molar-refractivity contribution < 1.29 is 9.53 Å². The van der Waals surface area contributed by atoms with Crippen molar-refractivity contribution in [1.82, 2.24) is 25.5 Å². The molecule has 138 valence electrons. The van der Waals surface area contributed by atoms with E-state index in [1.54, 1.807) is 7.11 Å². The Morgan fingerprint density at radius 2 is 2.11 bits per heavy atom. The quantitative estimate of drug-likeness (QED) is 0.666. The van der Waals surface area contributed by atoms with Gasteiger partial charge in [0, 0.05) is 29.4 Å². The number of aromatic amines is 2. The highest BCUT2D eigenvalue weighted by atomic mass is 16.5. The molecular weight excluding hydrogens is 342 g/mol. The molecule has 1 aliphatic heterocycles. The summed E-state index contributed by atoms with van der Waals surface area (Å²) in [7, 11) is 1.66. The average Bonchev–Trinajstić information content (AvgIpc) is 3.38. The van der Waals surface area contributed by atoms with E-state index in [9.17, 15) is 4.79 Å². The Bertz CT molecular complexity index is 1020. The highest BCUT2D eigenvalue weighted by Gasteiger charge is 2.29. The van der Waals surface area contributed by atoms with Gasteiger partial charge in [-0.15, -0.1) is 0 Å². The van der Waals surface area contributed by atoms with Gasteiger partial charge in [0.1, 0.15) is 17.1 Å². The average molecular weight is 363 g/mol. The van der Waals surface area contributed by atoms with E-state index >= 15 is 0 Å². The number of H-pyrrole nitrogens is 2. The second-order valence-electron chi connectivity index (χ2n) is 7.18. The van der Waals surface area contributed by atoms with E-state index in [2.05, 4.69) is 31.5 Å². The Labute approximate surface area is 156 Å². The molecular formula is C20H21N5O2. The maximum Gasteiger partial charge on any atom is 0.271 e. The van der Waals surface area contributed by atoms with Crippen LogP contribution in [0.3, 0.4) is 0 Å². The molecule has 3 heterocycles. The minimum atomic E-state index is -0.134. The fourth-order valence-corrected chi connectivity index (χ4v) is 4.12. The van der Waals surface area contributed by atoms with Gasteiger partial charge in [0.2, 0.25) is 0 Å². The summed E-state index contributed by atoms with van der Waals surface area (Å²) in [5.41, 5.74) is 5.74. The number of methoxy groups -OCH3 is 1. The summed E-state index contributed by atoms with van der Waals surface area (Å²) in [6.07, 6.45) is 3.88. The summed E-state index contributed by atoms with van der Waals surface area (Å²) in [6, 6.07) is 8.01. The van der Waals surface area contributed by atoms with E-state index in [4.69, 9.17) is 4.74 Å². The molecule has 2 aliphatic rings. The zero-order valence-electron chi connectivity index (χ0n) is 15.1. The fourth-order valence-electron chi connectivity index (χ4n) is 4.12. The van der Waals surface area contributed by atoms with E-state index < -0.39 is 0 Å². The smallest absolute Gasteiger partial charge is 0.271 e. The molecule has 2 aromatic heterocycles. The van der Waals surface area contributed by atoms with Crippen molar-refractivity contribution in [1.29, 1.82) is 0 Å². The molecule has 1 aromatic carbocycles. The maximum absolute atomic E-state index is 12.6. The van der Waals surface area contributed by atoms with Gasteiger partial charge in [0.05, 0.1) is 7.11 Å². The standard InChI is InChI=1S/C20H21N5O2/c1-27-13-5-2-4-11(8-13)12-9-16-18(20(26)21-10-12)23-19(22-16)17-14-6-3-7-15(14)24-25-17/h2,4-5,8,12H,3,6-7,9-10H2,1H3,(H,21,26)(H,22,23)(H,24,25)/t12-/m1/s1. The van der Waals surface area contributed by atoms with Gasteiger partial charge in [-0.25, -0.2) is 4.98 Å². The normalized spacial score (nSPS) is 18.6. The molecule has 0 radical (unpaired) electrons. The summed E-state index contributed by atoms with van der Waals surface area (Å²) >= 11 is 0. The molecule has 0 fully saturated rings. The number of fused-ring (bicyclic) bond motifs is 2. The largest absolute Gasteiger partial charge is 0.497 e. The number of aryl methyl sites for hydroxylation is 1. The number of rotatable bonds is 3. The molecule has 1 aliphatic carbocycles. The van der Waals surface area contributed by atoms with E-state index in [0.717, 1.165) is 42.0 Å². The Balaban J connectivity index is 1.51. The Kier molecular flexibility index (Phi) is 3.74. The Morgan fingerprint density at radius 3 is 3.00 bits per heavy atom. The van der Waals surface area contributed by atoms with Crippen molar-refractivity contribution in [3.63, 3.8) is 0 Å². The van der Waals surface area contributed by atoms with E-state index in [1.807, 2.05) is 18.2 Å². The molecule has 0 saturated heterocycles. The lowest BCUT2D eigenvalue weighted by Gasteiger charge is -2.15. The molecule has 0 unspecified atom stereocenters. The zero-order valence-corrected chi connectivity index (χ0v) is 15.1. The summed E-state index contributed by atoms with van der Waals surface area (Å²) in [4.78, 5) is 20.6. The van der Waals surface area contributed by atoms with Gasteiger partial charge in [0.15, 0.2) is 5.82 Å². The molecule has 3 N–H and O–H groups in total. The van der Waals surface area contributed by atoms with Gasteiger partial charge in [-0.05, 0) is 43.4 Å². The van der Waals surface area contributed by atoms with Crippen LogP contribution < -0.4 is 10.1 Å². The van der Waals surface area contributed by atoms with E-state index in [0.29, 0.717) is 24.5 Å². The summed E-state index contributed by atoms with van der Waals surface area (Å²) in [6.45, 7) is 0.573. The third-order valence-electron chi connectivity index (χ3n) is 5.55. The van der Waals surface area contributed by atoms with Crippen LogP contribution in [0.4, 0.5) is 0 Å². The molecule has 1 amide bonds. The summed E-state index contributed by atoms with van der Waals surface area (Å²) in [5, 5.41) is 10.6. The zero-order chi connectivity index (χ0) is 18.4. The highest BCUT2D eigenvalue weighted by molar-refractivity contribution is 5.94. The molecule has 0 spiro atoms. The lowest BCUT2D eigenvalue weighted by atomic mass is 9.94. The summed E-state index contributed by atoms with van der Waals surface area (Å²) < 4.78 is 5.34. The third kappa shape index (κ3) is 2.70. The van der Waals surface area contributed by atoms with Crippen molar-refractivity contribution in [2.24, 2.45) is 0 Å². The van der Waals surface area contributed by atoms with Gasteiger partial charge in [-0.3, -0.25) is 9.89 Å². The Hall–Kier alpha value is -3.09. The van der Waals surface area contributed by atoms with Crippen molar-refractivity contribution in [2.75, 3.05) is 13.7 Å². The number of imidazole rings is 1. The number of ether oxygens (including phenoxy) is 1. The van der Waals surface area contributed by atoms with Crippen LogP contribution in [0.5, 0.6) is 5.75 Å². The molecule has 3 aromatic rings. The molecule has 7 nitrogen and oxygen atoms in total. The molecule has 0 saturated carbocycles. The van der Waals surface area contributed by atoms with Gasteiger partial charge in [0.25, 0.3) is 5.91 Å². The Morgan fingerprint density at radius 1 is 1.19 bits per heavy atom. The van der Waals surface area contributed by atoms with Gasteiger partial charge < -0.3 is 15.0 Å². The second-order valence-corrected chi connectivity index (χ2v) is 7.18. The van der Waals surface area contributed by atoms with Crippen LogP contribution in [0.1, 0.15) is 45.3 Å². The van der Waals surface area contributed by atoms with Crippen molar-refractivity contribution in [3.8, 4) is 17.3 Å². The topological polar surface area (TPSA) is 95.7 Å². The number of nitrogens with zero attached hydrogens (tertiary/aromatic N) is 2. The lowest BCUT2D eigenvalue weighted by molar-refractivity contribution is 0.0950. The predicted molar refractivity (Wildman–Crippen MR) is 100.0 cm³/mol. The van der Waals surface area contributed by atoms with Gasteiger partial charge in [-0.1, -0.05) is 12.1 Å². The van der Waals surface area contributed by atoms with Gasteiger partial charge >= 0.3 is 0 Å². The van der Waals surface area contributed by atoms with E-state index in [1.165, 1.54) is 11.3 Å². The lowest BCUT2D eigenvalue weighted by Crippen LogP contribution is -2.26. The number of hydrogen-bond donors (Lipinski definition) is 3. The molecule has 7 heteroatoms. The first-order chi connectivity index (χ1) is 13.2. The number of benzene rings is 1. The van der Waals surface area contributed by atoms with Crippen LogP contribution in [0, 0.1) is 0 Å². The maximum atomic E-state index is 12.6. The third-order valence-corrected chi connectivity index (χ3v) is 5.55. The van der Waals surface area contributed by atoms with Crippen LogP contribution in [0.2, 0.25) is 0 Å². The van der Waals surface area contributed by atoms with Crippen LogP contribution in [0.25, 0.3) is 11.5 Å². The minimum absolute atomic E-state index is 0.134. The van der Waals surface area contributed by atoms with Crippen LogP contribution in [-0.2, 0) is 19.3 Å². The second kappa shape index (κ2) is 6.26. The number of amides is 1. The summed E-state index contributed by atoms with van der Waals surface area (Å²) in [5.74, 6) is 1.52. The molecule has 1 atom stereocenters. The SMILES string of the molecule is COc1cccc([C@H]2CNC(=O)c3nc(-c4n[nH]c5c4CCC5)[nH]c3C2)c1. The monoisotopic (exact) mass is 363 g/mol. The molecule has 0 bridgehead atoms. The number of carbonyl (C=O) groups is 1. The minimum Gasteiger partial charge on any atom is -0.497 e. The number of hydrogen-bond acceptors (Lipinski definition) is 4. The van der Waals surface area contributed by atoms with Crippen LogP contribution in [-0.4, -0.2) is 39.7 Å². The molecule has 5 rings (SSSR count). The first-order valence-electron chi connectivity index (χ1n) is 9.30. The van der Waals surface area contributed by atoms with Crippen molar-refractivity contribution in [3.05, 3.63) is 52.5 Å². The molecule has 27 heavy (non-hydrogen) atoms. The number of aromatic nitrogens is 4. The number of carbonyl (C=O) groups excluding carboxylic acids is 1. The van der Waals surface area contributed by atoms with Crippen LogP contribution >= 0.6 is 0 Å². The highest BCUT2D eigenvalue weighted by Crippen LogP contribution is 2.31. The first-order valence-corrected chi connectivity index (χ1v) is 9.30. The predicted octanol–water partition coefficient (Wildman–Crippen LogP) is 2.37. The van der Waals surface area contributed by atoms with Crippen molar-refractivity contribution in [2.45, 2.75) is 31.6 Å². The first kappa shape index (κ1) is 16.1. The van der Waals surface area contributed by atoms with E-state index in [-0.39, 0.29) is 11.8 Å². The van der Waals surface area contributed by atoms with Crippen LogP contribution in [0.15, 0.2) is 24.3 Å². The fraction of sp³-hybridized carbons (Fsp3) is 0.350.